The van der Waals surface area contributed by atoms with Gasteiger partial charge in [0.15, 0.2) is 11.9 Å². The molecule has 0 saturated heterocycles. The van der Waals surface area contributed by atoms with Gasteiger partial charge in [-0.15, -0.1) is 15.3 Å². The summed E-state index contributed by atoms with van der Waals surface area (Å²) in [6, 6.07) is 12.9. The summed E-state index contributed by atoms with van der Waals surface area (Å²) >= 11 is 0. The number of hydrogen-bond donors (Lipinski definition) is 1. The number of tetrazole rings is 2. The van der Waals surface area contributed by atoms with E-state index in [1.165, 1.54) is 27.7 Å². The number of nitrogens with one attached hydrogen (secondary N) is 1. The molecule has 10 nitrogen and oxygen atoms in total. The second-order valence-corrected chi connectivity index (χ2v) is 7.28. The molecule has 0 aliphatic heterocycles. The Kier molecular flexibility index (Phi) is 5.48. The molecule has 11 heteroatoms. The lowest BCUT2D eigenvalue weighted by Crippen LogP contribution is -2.31. The summed E-state index contributed by atoms with van der Waals surface area (Å²) in [4.78, 5) is 14.4. The van der Waals surface area contributed by atoms with Crippen molar-refractivity contribution in [3.8, 4) is 17.1 Å². The van der Waals surface area contributed by atoms with E-state index in [0.29, 0.717) is 17.3 Å². The van der Waals surface area contributed by atoms with Crippen LogP contribution in [0.5, 0.6) is 0 Å². The van der Waals surface area contributed by atoms with Crippen LogP contribution in [0, 0.1) is 18.7 Å². The number of rotatable bonds is 6. The molecule has 1 amide bonds. The fraction of sp³-hybridized carbons (Fsp3) is 0.250. The Balaban J connectivity index is 1.59. The fourth-order valence-electron chi connectivity index (χ4n) is 3.14. The van der Waals surface area contributed by atoms with Gasteiger partial charge in [-0.05, 0) is 46.7 Å². The maximum absolute atomic E-state index is 14.3. The second-order valence-electron chi connectivity index (χ2n) is 7.28. The van der Waals surface area contributed by atoms with Gasteiger partial charge in [-0.1, -0.05) is 44.2 Å². The van der Waals surface area contributed by atoms with Crippen molar-refractivity contribution in [1.29, 1.82) is 0 Å². The van der Waals surface area contributed by atoms with Gasteiger partial charge in [-0.2, -0.15) is 9.48 Å². The number of halogens is 1. The minimum absolute atomic E-state index is 0.125. The Morgan fingerprint density at radius 1 is 1.06 bits per heavy atom. The third-order valence-corrected chi connectivity index (χ3v) is 4.68. The van der Waals surface area contributed by atoms with Crippen LogP contribution in [0.25, 0.3) is 17.1 Å². The summed E-state index contributed by atoms with van der Waals surface area (Å²) in [6.07, 6.45) is 0. The summed E-state index contributed by atoms with van der Waals surface area (Å²) in [5, 5.41) is 26.4. The van der Waals surface area contributed by atoms with Gasteiger partial charge in [0.2, 0.25) is 5.82 Å². The zero-order chi connectivity index (χ0) is 22.0. The molecule has 0 saturated carbocycles. The van der Waals surface area contributed by atoms with Gasteiger partial charge in [-0.25, -0.2) is 4.39 Å². The highest BCUT2D eigenvalue weighted by atomic mass is 19.1. The van der Waals surface area contributed by atoms with Crippen LogP contribution in [-0.2, 0) is 4.79 Å². The molecule has 0 spiro atoms. The molecule has 0 aliphatic carbocycles. The van der Waals surface area contributed by atoms with Crippen LogP contribution in [0.4, 0.5) is 10.1 Å². The number of amides is 1. The van der Waals surface area contributed by atoms with Gasteiger partial charge in [0.05, 0.1) is 0 Å². The van der Waals surface area contributed by atoms with Crippen molar-refractivity contribution in [2.24, 2.45) is 5.92 Å². The molecule has 31 heavy (non-hydrogen) atoms. The van der Waals surface area contributed by atoms with Gasteiger partial charge in [0.1, 0.15) is 11.5 Å². The van der Waals surface area contributed by atoms with Crippen LogP contribution in [-0.4, -0.2) is 46.3 Å². The Morgan fingerprint density at radius 3 is 2.52 bits per heavy atom. The second kappa shape index (κ2) is 8.38. The zero-order valence-electron chi connectivity index (χ0n) is 17.1. The minimum Gasteiger partial charge on any atom is -0.324 e. The summed E-state index contributed by atoms with van der Waals surface area (Å²) in [7, 11) is 0. The van der Waals surface area contributed by atoms with Crippen LogP contribution < -0.4 is 5.32 Å². The van der Waals surface area contributed by atoms with Crippen LogP contribution in [0.3, 0.4) is 0 Å². The lowest BCUT2D eigenvalue weighted by Gasteiger charge is -2.19. The van der Waals surface area contributed by atoms with E-state index in [9.17, 15) is 9.18 Å². The summed E-state index contributed by atoms with van der Waals surface area (Å²) in [6.45, 7) is 5.42. The average molecular weight is 421 g/mol. The molecular formula is C20H20FN9O. The number of aromatic nitrogens is 8. The third kappa shape index (κ3) is 4.15. The highest BCUT2D eigenvalue weighted by Crippen LogP contribution is 2.23. The number of benzene rings is 2. The van der Waals surface area contributed by atoms with Gasteiger partial charge < -0.3 is 5.32 Å². The molecule has 0 aliphatic rings. The molecule has 1 N–H and O–H groups in total. The molecule has 2 heterocycles. The fourth-order valence-corrected chi connectivity index (χ4v) is 3.14. The number of anilines is 1. The first-order chi connectivity index (χ1) is 14.9. The van der Waals surface area contributed by atoms with E-state index in [1.807, 2.05) is 44.2 Å². The van der Waals surface area contributed by atoms with Crippen molar-refractivity contribution < 1.29 is 9.18 Å². The van der Waals surface area contributed by atoms with Crippen LogP contribution in [0.2, 0.25) is 0 Å². The molecule has 2 aromatic carbocycles. The van der Waals surface area contributed by atoms with Gasteiger partial charge in [0.25, 0.3) is 5.91 Å². The van der Waals surface area contributed by atoms with Crippen molar-refractivity contribution in [2.45, 2.75) is 26.8 Å². The molecular weight excluding hydrogens is 401 g/mol. The number of carbonyl (C=O) groups is 1. The van der Waals surface area contributed by atoms with E-state index >= 15 is 0 Å². The van der Waals surface area contributed by atoms with E-state index in [-0.39, 0.29) is 17.5 Å². The quantitative estimate of drug-likeness (QED) is 0.509. The molecule has 4 aromatic rings. The minimum atomic E-state index is -0.715. The SMILES string of the molecule is Cc1nnnn1-c1cc(NC(=O)C(C(C)C)n2nnc(-c3ccccc3)n2)ccc1F. The van der Waals surface area contributed by atoms with Crippen LogP contribution >= 0.6 is 0 Å². The van der Waals surface area contributed by atoms with Crippen LogP contribution in [0.15, 0.2) is 48.5 Å². The highest BCUT2D eigenvalue weighted by molar-refractivity contribution is 5.94. The lowest BCUT2D eigenvalue weighted by atomic mass is 10.0. The largest absolute Gasteiger partial charge is 0.324 e. The third-order valence-electron chi connectivity index (χ3n) is 4.68. The Hall–Kier alpha value is -4.02. The van der Waals surface area contributed by atoms with E-state index in [2.05, 4.69) is 36.3 Å². The number of nitrogens with zero attached hydrogens (tertiary/aromatic N) is 8. The Bertz CT molecular complexity index is 1200. The van der Waals surface area contributed by atoms with Gasteiger partial charge in [-0.3, -0.25) is 4.79 Å². The summed E-state index contributed by atoms with van der Waals surface area (Å²) < 4.78 is 15.6. The van der Waals surface area contributed by atoms with Crippen molar-refractivity contribution >= 4 is 11.6 Å². The Morgan fingerprint density at radius 2 is 1.84 bits per heavy atom. The molecule has 4 rings (SSSR count). The van der Waals surface area contributed by atoms with E-state index < -0.39 is 11.9 Å². The summed E-state index contributed by atoms with van der Waals surface area (Å²) in [5.74, 6) is -0.142. The highest BCUT2D eigenvalue weighted by Gasteiger charge is 2.27. The Labute approximate surface area is 177 Å². The van der Waals surface area contributed by atoms with Gasteiger partial charge in [0, 0.05) is 11.3 Å². The van der Waals surface area contributed by atoms with Crippen molar-refractivity contribution in [3.05, 3.63) is 60.2 Å². The molecule has 1 atom stereocenters. The smallest absolute Gasteiger partial charge is 0.251 e. The predicted molar refractivity (Wildman–Crippen MR) is 110 cm³/mol. The molecule has 0 fully saturated rings. The first-order valence-electron chi connectivity index (χ1n) is 9.64. The standard InChI is InChI=1S/C20H20FN9O/c1-12(2)18(30-25-19(24-27-30)14-7-5-4-6-8-14)20(31)22-15-9-10-16(21)17(11-15)29-13(3)23-26-28-29/h4-12,18H,1-3H3,(H,22,31). The van der Waals surface area contributed by atoms with Gasteiger partial charge >= 0.3 is 0 Å². The topological polar surface area (TPSA) is 116 Å². The molecule has 158 valence electrons. The average Bonchev–Trinajstić information content (AvgIpc) is 3.39. The number of hydrogen-bond acceptors (Lipinski definition) is 7. The lowest BCUT2D eigenvalue weighted by molar-refractivity contribution is -0.121. The first kappa shape index (κ1) is 20.3. The first-order valence-corrected chi connectivity index (χ1v) is 9.64. The van der Waals surface area contributed by atoms with E-state index in [0.717, 1.165) is 5.56 Å². The molecule has 0 bridgehead atoms. The molecule has 0 radical (unpaired) electrons. The van der Waals surface area contributed by atoms with Crippen molar-refractivity contribution in [3.63, 3.8) is 0 Å². The number of aryl methyl sites for hydroxylation is 1. The maximum atomic E-state index is 14.3. The number of carbonyl (C=O) groups excluding carboxylic acids is 1. The molecule has 1 unspecified atom stereocenters. The van der Waals surface area contributed by atoms with Crippen LogP contribution in [0.1, 0.15) is 25.7 Å². The maximum Gasteiger partial charge on any atom is 0.251 e. The monoisotopic (exact) mass is 421 g/mol. The van der Waals surface area contributed by atoms with Crippen molar-refractivity contribution in [1.82, 2.24) is 40.4 Å². The summed E-state index contributed by atoms with van der Waals surface area (Å²) in [5.41, 5.74) is 1.33. The predicted octanol–water partition coefficient (Wildman–Crippen LogP) is 2.60. The van der Waals surface area contributed by atoms with E-state index in [4.69, 9.17) is 0 Å². The van der Waals surface area contributed by atoms with E-state index in [1.54, 1.807) is 6.92 Å². The zero-order valence-corrected chi connectivity index (χ0v) is 17.1. The molecule has 2 aromatic heterocycles. The normalized spacial score (nSPS) is 12.2. The van der Waals surface area contributed by atoms with Crippen molar-refractivity contribution in [2.75, 3.05) is 5.32 Å².